The zero-order valence-corrected chi connectivity index (χ0v) is 14.5. The Bertz CT molecular complexity index is 1120. The van der Waals surface area contributed by atoms with E-state index in [-0.39, 0.29) is 11.7 Å². The Kier molecular flexibility index (Phi) is 4.05. The van der Waals surface area contributed by atoms with E-state index < -0.39 is 0 Å². The molecule has 4 rings (SSSR count). The fourth-order valence-corrected chi connectivity index (χ4v) is 3.34. The minimum atomic E-state index is -0.0548. The SMILES string of the molecule is CC(=O)c1cn(CCC(=O)Nc2cccc3[nH]ccc23)c2ccccc12. The van der Waals surface area contributed by atoms with E-state index >= 15 is 0 Å². The number of aryl methyl sites for hydroxylation is 1. The predicted octanol–water partition coefficient (Wildman–Crippen LogP) is 4.35. The van der Waals surface area contributed by atoms with Gasteiger partial charge in [0.15, 0.2) is 5.78 Å². The third-order valence-electron chi connectivity index (χ3n) is 4.62. The summed E-state index contributed by atoms with van der Waals surface area (Å²) in [5.41, 5.74) is 3.46. The first-order chi connectivity index (χ1) is 12.6. The van der Waals surface area contributed by atoms with Gasteiger partial charge < -0.3 is 14.9 Å². The molecule has 0 aliphatic rings. The summed E-state index contributed by atoms with van der Waals surface area (Å²) in [5, 5.41) is 4.90. The van der Waals surface area contributed by atoms with Crippen LogP contribution in [0.15, 0.2) is 60.9 Å². The lowest BCUT2D eigenvalue weighted by atomic mass is 10.1. The molecule has 2 N–H and O–H groups in total. The highest BCUT2D eigenvalue weighted by atomic mass is 16.1. The molecule has 4 aromatic rings. The molecule has 0 unspecified atom stereocenters. The summed E-state index contributed by atoms with van der Waals surface area (Å²) in [6.07, 6.45) is 4.03. The van der Waals surface area contributed by atoms with E-state index in [1.54, 1.807) is 6.92 Å². The molecule has 5 nitrogen and oxygen atoms in total. The average Bonchev–Trinajstić information content (AvgIpc) is 3.25. The van der Waals surface area contributed by atoms with Crippen molar-refractivity contribution in [3.8, 4) is 0 Å². The molecule has 0 atom stereocenters. The smallest absolute Gasteiger partial charge is 0.226 e. The van der Waals surface area contributed by atoms with Gasteiger partial charge in [0.05, 0.1) is 5.69 Å². The molecule has 1 amide bonds. The van der Waals surface area contributed by atoms with Gasteiger partial charge in [0.2, 0.25) is 5.91 Å². The number of carbonyl (C=O) groups excluding carboxylic acids is 2. The van der Waals surface area contributed by atoms with Gasteiger partial charge in [-0.1, -0.05) is 24.3 Å². The van der Waals surface area contributed by atoms with Crippen molar-refractivity contribution in [1.29, 1.82) is 0 Å². The number of fused-ring (bicyclic) bond motifs is 2. The maximum atomic E-state index is 12.4. The molecule has 2 aromatic heterocycles. The lowest BCUT2D eigenvalue weighted by Crippen LogP contribution is -2.14. The van der Waals surface area contributed by atoms with Crippen LogP contribution in [0.1, 0.15) is 23.7 Å². The first-order valence-electron chi connectivity index (χ1n) is 8.58. The summed E-state index contributed by atoms with van der Waals surface area (Å²) in [7, 11) is 0. The van der Waals surface area contributed by atoms with Crippen molar-refractivity contribution in [2.45, 2.75) is 19.9 Å². The van der Waals surface area contributed by atoms with E-state index in [9.17, 15) is 9.59 Å². The number of hydrogen-bond acceptors (Lipinski definition) is 2. The molecular formula is C21H19N3O2. The number of nitrogens with one attached hydrogen (secondary N) is 2. The lowest BCUT2D eigenvalue weighted by molar-refractivity contribution is -0.116. The molecular weight excluding hydrogens is 326 g/mol. The van der Waals surface area contributed by atoms with Crippen molar-refractivity contribution in [2.24, 2.45) is 0 Å². The van der Waals surface area contributed by atoms with E-state index in [1.807, 2.05) is 65.5 Å². The number of aromatic nitrogens is 2. The average molecular weight is 345 g/mol. The summed E-state index contributed by atoms with van der Waals surface area (Å²) >= 11 is 0. The molecule has 130 valence electrons. The number of Topliss-reactive ketones (excluding diaryl/α,β-unsaturated/α-hetero) is 1. The van der Waals surface area contributed by atoms with Gasteiger partial charge in [0.1, 0.15) is 0 Å². The monoisotopic (exact) mass is 345 g/mol. The largest absolute Gasteiger partial charge is 0.361 e. The molecule has 0 bridgehead atoms. The second-order valence-corrected chi connectivity index (χ2v) is 6.35. The molecule has 0 aliphatic carbocycles. The number of ketones is 1. The van der Waals surface area contributed by atoms with Crippen molar-refractivity contribution >= 4 is 39.2 Å². The first-order valence-corrected chi connectivity index (χ1v) is 8.58. The fourth-order valence-electron chi connectivity index (χ4n) is 3.34. The molecule has 0 aliphatic heterocycles. The normalized spacial score (nSPS) is 11.1. The zero-order chi connectivity index (χ0) is 18.1. The number of aromatic amines is 1. The summed E-state index contributed by atoms with van der Waals surface area (Å²) in [5.74, 6) is -0.0237. The third kappa shape index (κ3) is 2.88. The number of benzene rings is 2. The highest BCUT2D eigenvalue weighted by Crippen LogP contribution is 2.24. The van der Waals surface area contributed by atoms with Crippen LogP contribution in [0.3, 0.4) is 0 Å². The molecule has 5 heteroatoms. The highest BCUT2D eigenvalue weighted by molar-refractivity contribution is 6.07. The van der Waals surface area contributed by atoms with Crippen molar-refractivity contribution in [3.05, 3.63) is 66.5 Å². The van der Waals surface area contributed by atoms with E-state index in [0.29, 0.717) is 18.5 Å². The van der Waals surface area contributed by atoms with Crippen molar-refractivity contribution in [3.63, 3.8) is 0 Å². The number of hydrogen-bond donors (Lipinski definition) is 2. The number of nitrogens with zero attached hydrogens (tertiary/aromatic N) is 1. The van der Waals surface area contributed by atoms with Gasteiger partial charge in [-0.05, 0) is 31.2 Å². The summed E-state index contributed by atoms with van der Waals surface area (Å²) in [6.45, 7) is 2.08. The van der Waals surface area contributed by atoms with E-state index in [0.717, 1.165) is 27.5 Å². The molecule has 26 heavy (non-hydrogen) atoms. The van der Waals surface area contributed by atoms with Gasteiger partial charge in [-0.15, -0.1) is 0 Å². The van der Waals surface area contributed by atoms with E-state index in [2.05, 4.69) is 10.3 Å². The van der Waals surface area contributed by atoms with Gasteiger partial charge in [0.25, 0.3) is 0 Å². The first kappa shape index (κ1) is 16.1. The second-order valence-electron chi connectivity index (χ2n) is 6.35. The topological polar surface area (TPSA) is 66.9 Å². The Morgan fingerprint density at radius 2 is 1.88 bits per heavy atom. The maximum Gasteiger partial charge on any atom is 0.226 e. The standard InChI is InChI=1S/C21H19N3O2/c1-14(25)17-13-24(20-8-3-2-5-15(17)20)12-10-21(26)23-19-7-4-6-18-16(19)9-11-22-18/h2-9,11,13,22H,10,12H2,1H3,(H,23,26). The van der Waals surface area contributed by atoms with E-state index in [1.165, 1.54) is 0 Å². The second kappa shape index (κ2) is 6.52. The Balaban J connectivity index is 1.52. The summed E-state index contributed by atoms with van der Waals surface area (Å²) in [4.78, 5) is 27.4. The Labute approximate surface area is 150 Å². The van der Waals surface area contributed by atoms with Gasteiger partial charge >= 0.3 is 0 Å². The van der Waals surface area contributed by atoms with Crippen LogP contribution in [0.25, 0.3) is 21.8 Å². The predicted molar refractivity (Wildman–Crippen MR) is 103 cm³/mol. The number of anilines is 1. The Morgan fingerprint density at radius 1 is 1.04 bits per heavy atom. The number of amides is 1. The Hall–Kier alpha value is -3.34. The van der Waals surface area contributed by atoms with Gasteiger partial charge in [-0.3, -0.25) is 9.59 Å². The zero-order valence-electron chi connectivity index (χ0n) is 14.5. The quantitative estimate of drug-likeness (QED) is 0.528. The molecule has 2 aromatic carbocycles. The summed E-state index contributed by atoms with van der Waals surface area (Å²) in [6, 6.07) is 15.5. The van der Waals surface area contributed by atoms with Crippen molar-refractivity contribution in [1.82, 2.24) is 9.55 Å². The van der Waals surface area contributed by atoms with Gasteiger partial charge in [-0.2, -0.15) is 0 Å². The van der Waals surface area contributed by atoms with Crippen LogP contribution in [-0.2, 0) is 11.3 Å². The van der Waals surface area contributed by atoms with Crippen LogP contribution in [0, 0.1) is 0 Å². The lowest BCUT2D eigenvalue weighted by Gasteiger charge is -2.08. The molecule has 0 saturated carbocycles. The van der Waals surface area contributed by atoms with Gasteiger partial charge in [-0.25, -0.2) is 0 Å². The fraction of sp³-hybridized carbons (Fsp3) is 0.143. The molecule has 2 heterocycles. The van der Waals surface area contributed by atoms with Crippen LogP contribution >= 0.6 is 0 Å². The summed E-state index contributed by atoms with van der Waals surface area (Å²) < 4.78 is 1.97. The highest BCUT2D eigenvalue weighted by Gasteiger charge is 2.13. The van der Waals surface area contributed by atoms with Gasteiger partial charge in [0, 0.05) is 52.7 Å². The number of rotatable bonds is 5. The Morgan fingerprint density at radius 3 is 2.73 bits per heavy atom. The molecule has 0 radical (unpaired) electrons. The van der Waals surface area contributed by atoms with Crippen LogP contribution in [0.2, 0.25) is 0 Å². The molecule has 0 spiro atoms. The molecule has 0 fully saturated rings. The minimum Gasteiger partial charge on any atom is -0.361 e. The van der Waals surface area contributed by atoms with Crippen LogP contribution in [-0.4, -0.2) is 21.2 Å². The van der Waals surface area contributed by atoms with Crippen LogP contribution < -0.4 is 5.32 Å². The number of carbonyl (C=O) groups is 2. The van der Waals surface area contributed by atoms with Crippen LogP contribution in [0.5, 0.6) is 0 Å². The minimum absolute atomic E-state index is 0.0311. The van der Waals surface area contributed by atoms with Crippen LogP contribution in [0.4, 0.5) is 5.69 Å². The molecule has 0 saturated heterocycles. The number of para-hydroxylation sites is 1. The van der Waals surface area contributed by atoms with E-state index in [4.69, 9.17) is 0 Å². The number of H-pyrrole nitrogens is 1. The third-order valence-corrected chi connectivity index (χ3v) is 4.62. The van der Waals surface area contributed by atoms with Crippen molar-refractivity contribution in [2.75, 3.05) is 5.32 Å². The maximum absolute atomic E-state index is 12.4. The van der Waals surface area contributed by atoms with Crippen molar-refractivity contribution < 1.29 is 9.59 Å².